The lowest BCUT2D eigenvalue weighted by molar-refractivity contribution is -0.122. The first-order chi connectivity index (χ1) is 15.1. The van der Waals surface area contributed by atoms with Gasteiger partial charge in [0.25, 0.3) is 5.56 Å². The van der Waals surface area contributed by atoms with Crippen molar-refractivity contribution in [1.82, 2.24) is 19.9 Å². The van der Waals surface area contributed by atoms with Crippen LogP contribution in [-0.4, -0.2) is 39.6 Å². The predicted molar refractivity (Wildman–Crippen MR) is 119 cm³/mol. The van der Waals surface area contributed by atoms with Crippen LogP contribution in [0.25, 0.3) is 10.3 Å². The molecule has 0 saturated carbocycles. The summed E-state index contributed by atoms with van der Waals surface area (Å²) in [5.41, 5.74) is 1.26. The van der Waals surface area contributed by atoms with Crippen LogP contribution in [0.15, 0.2) is 35.1 Å². The molecule has 2 aliphatic heterocycles. The largest absolute Gasteiger partial charge is 0.370 e. The monoisotopic (exact) mass is 439 g/mol. The van der Waals surface area contributed by atoms with Crippen LogP contribution in [0.1, 0.15) is 43.2 Å². The molecule has 1 amide bonds. The van der Waals surface area contributed by atoms with Crippen molar-refractivity contribution in [3.8, 4) is 0 Å². The Morgan fingerprint density at radius 3 is 2.84 bits per heavy atom. The van der Waals surface area contributed by atoms with Crippen molar-refractivity contribution in [3.05, 3.63) is 52.1 Å². The van der Waals surface area contributed by atoms with Crippen molar-refractivity contribution in [2.24, 2.45) is 7.05 Å². The number of fused-ring (bicyclic) bond motifs is 1. The highest BCUT2D eigenvalue weighted by Crippen LogP contribution is 2.33. The van der Waals surface area contributed by atoms with Crippen LogP contribution in [0.5, 0.6) is 0 Å². The number of benzene rings is 1. The third-order valence-electron chi connectivity index (χ3n) is 5.99. The van der Waals surface area contributed by atoms with Crippen molar-refractivity contribution in [2.45, 2.75) is 44.4 Å². The quantitative estimate of drug-likeness (QED) is 0.657. The summed E-state index contributed by atoms with van der Waals surface area (Å²) in [6.45, 7) is 1.93. The Kier molecular flexibility index (Phi) is 5.45. The standard InChI is InChI=1S/C22H25N5O3S/c1-26-18(16-10-6-12-30-16)25-20-17(21(26)29)24-22(31-20)27-11-5-9-15(27)19(28)23-13-14-7-3-2-4-8-14/h2-4,7-8,15-16H,5-6,9-13H2,1H3,(H,23,28)/t15-,16?/m1/s1. The average Bonchev–Trinajstić information content (AvgIpc) is 3.55. The molecule has 5 rings (SSSR count). The molecule has 9 heteroatoms. The second-order valence-electron chi connectivity index (χ2n) is 8.04. The van der Waals surface area contributed by atoms with Crippen LogP contribution in [0.2, 0.25) is 0 Å². The van der Waals surface area contributed by atoms with Crippen molar-refractivity contribution in [2.75, 3.05) is 18.1 Å². The molecule has 162 valence electrons. The summed E-state index contributed by atoms with van der Waals surface area (Å²) in [5.74, 6) is 0.644. The summed E-state index contributed by atoms with van der Waals surface area (Å²) >= 11 is 1.38. The molecule has 1 aromatic carbocycles. The first kappa shape index (κ1) is 20.1. The van der Waals surface area contributed by atoms with Crippen molar-refractivity contribution in [3.63, 3.8) is 0 Å². The van der Waals surface area contributed by atoms with Crippen LogP contribution in [0, 0.1) is 0 Å². The van der Waals surface area contributed by atoms with E-state index in [9.17, 15) is 9.59 Å². The maximum Gasteiger partial charge on any atom is 0.280 e. The lowest BCUT2D eigenvalue weighted by atomic mass is 10.2. The summed E-state index contributed by atoms with van der Waals surface area (Å²) in [7, 11) is 1.72. The fourth-order valence-corrected chi connectivity index (χ4v) is 5.34. The van der Waals surface area contributed by atoms with E-state index in [1.54, 1.807) is 11.6 Å². The highest BCUT2D eigenvalue weighted by atomic mass is 32.1. The van der Waals surface area contributed by atoms with Crippen molar-refractivity contribution < 1.29 is 9.53 Å². The van der Waals surface area contributed by atoms with Crippen LogP contribution in [0.3, 0.4) is 0 Å². The number of ether oxygens (including phenoxy) is 1. The average molecular weight is 440 g/mol. The van der Waals surface area contributed by atoms with E-state index >= 15 is 0 Å². The summed E-state index contributed by atoms with van der Waals surface area (Å²) in [6, 6.07) is 9.58. The number of hydrogen-bond donors (Lipinski definition) is 1. The minimum Gasteiger partial charge on any atom is -0.370 e. The smallest absolute Gasteiger partial charge is 0.280 e. The van der Waals surface area contributed by atoms with E-state index in [0.717, 1.165) is 37.8 Å². The molecule has 1 unspecified atom stereocenters. The fourth-order valence-electron chi connectivity index (χ4n) is 4.32. The molecule has 1 N–H and O–H groups in total. The van der Waals surface area contributed by atoms with Crippen LogP contribution >= 0.6 is 11.3 Å². The number of thiazole rings is 1. The summed E-state index contributed by atoms with van der Waals surface area (Å²) in [5, 5.41) is 3.72. The normalized spacial score (nSPS) is 21.1. The Hall–Kier alpha value is -2.78. The molecule has 3 aromatic rings. The molecule has 2 atom stereocenters. The topological polar surface area (TPSA) is 89.3 Å². The highest BCUT2D eigenvalue weighted by molar-refractivity contribution is 7.21. The molecule has 2 aromatic heterocycles. The molecule has 2 aliphatic rings. The third kappa shape index (κ3) is 3.83. The zero-order chi connectivity index (χ0) is 21.4. The van der Waals surface area contributed by atoms with Crippen LogP contribution < -0.4 is 15.8 Å². The van der Waals surface area contributed by atoms with Gasteiger partial charge in [-0.1, -0.05) is 41.7 Å². The van der Waals surface area contributed by atoms with Gasteiger partial charge in [-0.15, -0.1) is 0 Å². The van der Waals surface area contributed by atoms with E-state index in [1.807, 2.05) is 35.2 Å². The zero-order valence-electron chi connectivity index (χ0n) is 17.4. The number of nitrogens with zero attached hydrogens (tertiary/aromatic N) is 4. The van der Waals surface area contributed by atoms with Gasteiger partial charge in [0.2, 0.25) is 5.91 Å². The van der Waals surface area contributed by atoms with Gasteiger partial charge in [0.1, 0.15) is 18.0 Å². The number of rotatable bonds is 5. The maximum atomic E-state index is 12.9. The summed E-state index contributed by atoms with van der Waals surface area (Å²) < 4.78 is 7.29. The lowest BCUT2D eigenvalue weighted by Crippen LogP contribution is -2.43. The first-order valence-corrected chi connectivity index (χ1v) is 11.5. The number of carbonyl (C=O) groups is 1. The number of hydrogen-bond acceptors (Lipinski definition) is 7. The second-order valence-corrected chi connectivity index (χ2v) is 9.00. The molecule has 0 radical (unpaired) electrons. The molecular weight excluding hydrogens is 414 g/mol. The Bertz CT molecular complexity index is 1150. The minimum atomic E-state index is -0.286. The molecule has 0 spiro atoms. The Balaban J connectivity index is 1.39. The summed E-state index contributed by atoms with van der Waals surface area (Å²) in [4.78, 5) is 37.8. The SMILES string of the molecule is Cn1c(C2CCCO2)nc2sc(N3CCC[C@@H]3C(=O)NCc3ccccc3)nc2c1=O. The van der Waals surface area contributed by atoms with E-state index in [2.05, 4.69) is 10.3 Å². The van der Waals surface area contributed by atoms with Gasteiger partial charge in [0, 0.05) is 26.7 Å². The lowest BCUT2D eigenvalue weighted by Gasteiger charge is -2.23. The Morgan fingerprint density at radius 1 is 1.23 bits per heavy atom. The number of amides is 1. The Labute approximate surface area is 183 Å². The van der Waals surface area contributed by atoms with Gasteiger partial charge < -0.3 is 15.0 Å². The predicted octanol–water partition coefficient (Wildman–Crippen LogP) is 2.53. The highest BCUT2D eigenvalue weighted by Gasteiger charge is 2.33. The molecule has 31 heavy (non-hydrogen) atoms. The van der Waals surface area contributed by atoms with Gasteiger partial charge in [-0.05, 0) is 31.2 Å². The van der Waals surface area contributed by atoms with Crippen molar-refractivity contribution in [1.29, 1.82) is 0 Å². The molecule has 2 fully saturated rings. The molecule has 0 aliphatic carbocycles. The van der Waals surface area contributed by atoms with Gasteiger partial charge >= 0.3 is 0 Å². The molecular formula is C22H25N5O3S. The van der Waals surface area contributed by atoms with Gasteiger partial charge in [-0.25, -0.2) is 9.97 Å². The van der Waals surface area contributed by atoms with E-state index < -0.39 is 0 Å². The fraction of sp³-hybridized carbons (Fsp3) is 0.455. The second kappa shape index (κ2) is 8.39. The number of anilines is 1. The van der Waals surface area contributed by atoms with Crippen molar-refractivity contribution >= 4 is 32.7 Å². The Morgan fingerprint density at radius 2 is 2.06 bits per heavy atom. The number of nitrogens with one attached hydrogen (secondary N) is 1. The molecule has 2 saturated heterocycles. The van der Waals surface area contributed by atoms with Crippen LogP contribution in [0.4, 0.5) is 5.13 Å². The van der Waals surface area contributed by atoms with E-state index in [0.29, 0.717) is 34.5 Å². The molecule has 0 bridgehead atoms. The van der Waals surface area contributed by atoms with E-state index in [-0.39, 0.29) is 23.6 Å². The van der Waals surface area contributed by atoms with Gasteiger partial charge in [0.05, 0.1) is 0 Å². The van der Waals surface area contributed by atoms with Gasteiger partial charge in [0.15, 0.2) is 15.5 Å². The maximum absolute atomic E-state index is 12.9. The number of carbonyl (C=O) groups excluding carboxylic acids is 1. The minimum absolute atomic E-state index is 0.0125. The van der Waals surface area contributed by atoms with Crippen LogP contribution in [-0.2, 0) is 23.1 Å². The van der Waals surface area contributed by atoms with E-state index in [1.165, 1.54) is 11.3 Å². The third-order valence-corrected chi connectivity index (χ3v) is 6.98. The molecule has 4 heterocycles. The number of aromatic nitrogens is 3. The van der Waals surface area contributed by atoms with E-state index in [4.69, 9.17) is 9.72 Å². The van der Waals surface area contributed by atoms with Gasteiger partial charge in [-0.3, -0.25) is 14.2 Å². The summed E-state index contributed by atoms with van der Waals surface area (Å²) in [6.07, 6.45) is 3.37. The zero-order valence-corrected chi connectivity index (χ0v) is 18.2. The molecule has 8 nitrogen and oxygen atoms in total. The van der Waals surface area contributed by atoms with Gasteiger partial charge in [-0.2, -0.15) is 0 Å². The first-order valence-electron chi connectivity index (χ1n) is 10.7.